The number of hydrogen-bond donors (Lipinski definition) is 1. The first-order valence-corrected chi connectivity index (χ1v) is 14.6. The molecule has 0 unspecified atom stereocenters. The zero-order chi connectivity index (χ0) is 29.4. The molecule has 9 heteroatoms. The normalized spacial score (nSPS) is 11.9. The SMILES string of the molecule is CNC(=O)[C@H](Cc1ccccc1)N(Cc1ccc(F)cc1)C(=O)CN(c1ccccc1)S(=O)(=O)c1ccc(C)cc1. The number of nitrogens with one attached hydrogen (secondary N) is 1. The third kappa shape index (κ3) is 7.37. The Morgan fingerprint density at radius 2 is 1.39 bits per heavy atom. The molecule has 0 aliphatic carbocycles. The van der Waals surface area contributed by atoms with Crippen LogP contribution in [0.1, 0.15) is 16.7 Å². The van der Waals surface area contributed by atoms with Crippen molar-refractivity contribution in [1.82, 2.24) is 10.2 Å². The van der Waals surface area contributed by atoms with Gasteiger partial charge in [0.1, 0.15) is 18.4 Å². The number of para-hydroxylation sites is 1. The maximum Gasteiger partial charge on any atom is 0.264 e. The van der Waals surface area contributed by atoms with Crippen LogP contribution in [0.3, 0.4) is 0 Å². The lowest BCUT2D eigenvalue weighted by atomic mass is 10.0. The van der Waals surface area contributed by atoms with E-state index in [4.69, 9.17) is 0 Å². The summed E-state index contributed by atoms with van der Waals surface area (Å²) in [5.74, 6) is -1.42. The second-order valence-corrected chi connectivity index (χ2v) is 11.5. The summed E-state index contributed by atoms with van der Waals surface area (Å²) in [5, 5.41) is 2.64. The molecule has 0 saturated carbocycles. The maximum absolute atomic E-state index is 14.1. The minimum Gasteiger partial charge on any atom is -0.357 e. The van der Waals surface area contributed by atoms with E-state index in [1.54, 1.807) is 42.5 Å². The molecule has 0 aliphatic rings. The van der Waals surface area contributed by atoms with Gasteiger partial charge in [0, 0.05) is 20.0 Å². The predicted molar refractivity (Wildman–Crippen MR) is 157 cm³/mol. The quantitative estimate of drug-likeness (QED) is 0.282. The summed E-state index contributed by atoms with van der Waals surface area (Å²) in [6.07, 6.45) is 0.198. The Kier molecular flexibility index (Phi) is 9.52. The van der Waals surface area contributed by atoms with Crippen molar-refractivity contribution in [1.29, 1.82) is 0 Å². The summed E-state index contributed by atoms with van der Waals surface area (Å²) >= 11 is 0. The Labute approximate surface area is 240 Å². The first kappa shape index (κ1) is 29.5. The average molecular weight is 574 g/mol. The number of aryl methyl sites for hydroxylation is 1. The van der Waals surface area contributed by atoms with Crippen molar-refractivity contribution in [2.24, 2.45) is 0 Å². The Morgan fingerprint density at radius 1 is 0.805 bits per heavy atom. The average Bonchev–Trinajstić information content (AvgIpc) is 2.99. The van der Waals surface area contributed by atoms with Crippen LogP contribution in [0.4, 0.5) is 10.1 Å². The summed E-state index contributed by atoms with van der Waals surface area (Å²) in [6, 6.07) is 28.7. The number of benzene rings is 4. The number of hydrogen-bond acceptors (Lipinski definition) is 4. The largest absolute Gasteiger partial charge is 0.357 e. The number of amides is 2. The van der Waals surface area contributed by atoms with Gasteiger partial charge in [0.05, 0.1) is 10.6 Å². The zero-order valence-electron chi connectivity index (χ0n) is 22.9. The van der Waals surface area contributed by atoms with Crippen molar-refractivity contribution in [2.75, 3.05) is 17.9 Å². The number of nitrogens with zero attached hydrogens (tertiary/aromatic N) is 2. The van der Waals surface area contributed by atoms with Gasteiger partial charge in [-0.25, -0.2) is 12.8 Å². The fraction of sp³-hybridized carbons (Fsp3) is 0.188. The van der Waals surface area contributed by atoms with Crippen LogP contribution in [0.5, 0.6) is 0 Å². The van der Waals surface area contributed by atoms with Crippen molar-refractivity contribution in [3.8, 4) is 0 Å². The summed E-state index contributed by atoms with van der Waals surface area (Å²) in [6.45, 7) is 1.27. The monoisotopic (exact) mass is 573 g/mol. The molecule has 0 spiro atoms. The van der Waals surface area contributed by atoms with Crippen LogP contribution in [0, 0.1) is 12.7 Å². The van der Waals surface area contributed by atoms with Gasteiger partial charge in [-0.1, -0.05) is 78.4 Å². The number of rotatable bonds is 11. The summed E-state index contributed by atoms with van der Waals surface area (Å²) < 4.78 is 42.5. The highest BCUT2D eigenvalue weighted by Crippen LogP contribution is 2.25. The van der Waals surface area contributed by atoms with Gasteiger partial charge < -0.3 is 10.2 Å². The molecule has 0 bridgehead atoms. The van der Waals surface area contributed by atoms with Crippen molar-refractivity contribution < 1.29 is 22.4 Å². The van der Waals surface area contributed by atoms with Crippen LogP contribution in [-0.4, -0.2) is 44.8 Å². The Hall–Kier alpha value is -4.50. The molecule has 0 aliphatic heterocycles. The molecular weight excluding hydrogens is 541 g/mol. The number of carbonyl (C=O) groups excluding carboxylic acids is 2. The fourth-order valence-corrected chi connectivity index (χ4v) is 5.88. The van der Waals surface area contributed by atoms with Crippen LogP contribution < -0.4 is 9.62 Å². The summed E-state index contributed by atoms with van der Waals surface area (Å²) in [4.78, 5) is 28.8. The number of halogens is 1. The molecule has 0 saturated heterocycles. The molecule has 2 amide bonds. The number of anilines is 1. The van der Waals surface area contributed by atoms with Gasteiger partial charge >= 0.3 is 0 Å². The van der Waals surface area contributed by atoms with Gasteiger partial charge in [0.15, 0.2) is 0 Å². The number of sulfonamides is 1. The smallest absolute Gasteiger partial charge is 0.264 e. The van der Waals surface area contributed by atoms with E-state index in [1.165, 1.54) is 48.3 Å². The molecule has 0 heterocycles. The van der Waals surface area contributed by atoms with E-state index in [9.17, 15) is 22.4 Å². The lowest BCUT2D eigenvalue weighted by Crippen LogP contribution is -2.53. The summed E-state index contributed by atoms with van der Waals surface area (Å²) in [7, 11) is -2.67. The first-order chi connectivity index (χ1) is 19.7. The Morgan fingerprint density at radius 3 is 1.98 bits per heavy atom. The van der Waals surface area contributed by atoms with Crippen molar-refractivity contribution in [3.05, 3.63) is 132 Å². The van der Waals surface area contributed by atoms with Gasteiger partial charge in [0.2, 0.25) is 11.8 Å². The second-order valence-electron chi connectivity index (χ2n) is 9.63. The molecule has 7 nitrogen and oxygen atoms in total. The Balaban J connectivity index is 1.76. The molecule has 41 heavy (non-hydrogen) atoms. The van der Waals surface area contributed by atoms with E-state index in [-0.39, 0.29) is 17.9 Å². The van der Waals surface area contributed by atoms with Gasteiger partial charge in [-0.15, -0.1) is 0 Å². The van der Waals surface area contributed by atoms with Crippen LogP contribution in [-0.2, 0) is 32.6 Å². The van der Waals surface area contributed by atoms with Crippen LogP contribution in [0.2, 0.25) is 0 Å². The first-order valence-electron chi connectivity index (χ1n) is 13.1. The topological polar surface area (TPSA) is 86.8 Å². The van der Waals surface area contributed by atoms with E-state index in [0.29, 0.717) is 11.3 Å². The van der Waals surface area contributed by atoms with Gasteiger partial charge in [-0.05, 0) is 54.4 Å². The van der Waals surface area contributed by atoms with E-state index in [0.717, 1.165) is 15.4 Å². The fourth-order valence-electron chi connectivity index (χ4n) is 4.47. The second kappa shape index (κ2) is 13.2. The molecule has 4 aromatic rings. The summed E-state index contributed by atoms with van der Waals surface area (Å²) in [5.41, 5.74) is 2.62. The number of carbonyl (C=O) groups is 2. The molecule has 4 rings (SSSR count). The molecule has 0 radical (unpaired) electrons. The highest BCUT2D eigenvalue weighted by molar-refractivity contribution is 7.92. The molecular formula is C32H32FN3O4S. The zero-order valence-corrected chi connectivity index (χ0v) is 23.7. The molecule has 4 aromatic carbocycles. The van der Waals surface area contributed by atoms with Crippen LogP contribution in [0.15, 0.2) is 114 Å². The molecule has 1 atom stereocenters. The van der Waals surface area contributed by atoms with Gasteiger partial charge in [0.25, 0.3) is 10.0 Å². The molecule has 0 fully saturated rings. The molecule has 1 N–H and O–H groups in total. The van der Waals surface area contributed by atoms with Gasteiger partial charge in [-0.2, -0.15) is 0 Å². The molecule has 212 valence electrons. The minimum absolute atomic E-state index is 0.0305. The van der Waals surface area contributed by atoms with Crippen LogP contribution in [0.25, 0.3) is 0 Å². The lowest BCUT2D eigenvalue weighted by molar-refractivity contribution is -0.139. The van der Waals surface area contributed by atoms with Crippen molar-refractivity contribution in [3.63, 3.8) is 0 Å². The lowest BCUT2D eigenvalue weighted by Gasteiger charge is -2.33. The third-order valence-electron chi connectivity index (χ3n) is 6.72. The third-order valence-corrected chi connectivity index (χ3v) is 8.50. The van der Waals surface area contributed by atoms with E-state index in [1.807, 2.05) is 37.3 Å². The number of likely N-dealkylation sites (N-methyl/N-ethyl adjacent to an activating group) is 1. The predicted octanol–water partition coefficient (Wildman–Crippen LogP) is 4.72. The highest BCUT2D eigenvalue weighted by atomic mass is 32.2. The highest BCUT2D eigenvalue weighted by Gasteiger charge is 2.34. The molecule has 0 aromatic heterocycles. The van der Waals surface area contributed by atoms with Crippen molar-refractivity contribution in [2.45, 2.75) is 30.8 Å². The van der Waals surface area contributed by atoms with E-state index in [2.05, 4.69) is 5.32 Å². The maximum atomic E-state index is 14.1. The van der Waals surface area contributed by atoms with E-state index < -0.39 is 40.2 Å². The van der Waals surface area contributed by atoms with Gasteiger partial charge in [-0.3, -0.25) is 13.9 Å². The Bertz CT molecular complexity index is 1560. The van der Waals surface area contributed by atoms with Crippen LogP contribution >= 0.6 is 0 Å². The minimum atomic E-state index is -4.15. The van der Waals surface area contributed by atoms with Crippen molar-refractivity contribution >= 4 is 27.5 Å². The standard InChI is InChI=1S/C32H32FN3O4S/c1-24-13-19-29(20-14-24)41(39,40)36(28-11-7-4-8-12-28)23-31(37)35(22-26-15-17-27(33)18-16-26)30(32(38)34-2)21-25-9-5-3-6-10-25/h3-20,30H,21-23H2,1-2H3,(H,34,38)/t30-/m0/s1. The van der Waals surface area contributed by atoms with E-state index >= 15 is 0 Å².